The average molecular weight is 390 g/mol. The van der Waals surface area contributed by atoms with Crippen molar-refractivity contribution < 1.29 is 4.79 Å². The summed E-state index contributed by atoms with van der Waals surface area (Å²) in [6.45, 7) is 2.42. The summed E-state index contributed by atoms with van der Waals surface area (Å²) in [5.41, 5.74) is 0.324. The van der Waals surface area contributed by atoms with Gasteiger partial charge in [-0.25, -0.2) is 0 Å². The molecule has 0 aromatic carbocycles. The molecule has 2 aromatic rings. The van der Waals surface area contributed by atoms with Gasteiger partial charge in [-0.2, -0.15) is 5.26 Å². The minimum atomic E-state index is 0.0495. The van der Waals surface area contributed by atoms with E-state index < -0.39 is 0 Å². The van der Waals surface area contributed by atoms with Gasteiger partial charge in [-0.3, -0.25) is 4.79 Å². The zero-order valence-electron chi connectivity index (χ0n) is 14.6. The lowest BCUT2D eigenvalue weighted by atomic mass is 9.93. The van der Waals surface area contributed by atoms with Crippen LogP contribution in [-0.4, -0.2) is 47.7 Å². The van der Waals surface area contributed by atoms with Gasteiger partial charge in [0.25, 0.3) is 5.91 Å². The highest BCUT2D eigenvalue weighted by Gasteiger charge is 2.25. The molecule has 0 atom stereocenters. The van der Waals surface area contributed by atoms with Gasteiger partial charge in [-0.15, -0.1) is 21.5 Å². The van der Waals surface area contributed by atoms with Crippen LogP contribution in [0.5, 0.6) is 0 Å². The van der Waals surface area contributed by atoms with Crippen LogP contribution < -0.4 is 4.90 Å². The highest BCUT2D eigenvalue weighted by Crippen LogP contribution is 2.27. The van der Waals surface area contributed by atoms with E-state index in [1.807, 2.05) is 29.5 Å². The number of hydrogen-bond acceptors (Lipinski definition) is 6. The van der Waals surface area contributed by atoms with E-state index in [1.165, 1.54) is 11.3 Å². The molecule has 1 fully saturated rings. The number of amides is 1. The molecule has 136 valence electrons. The van der Waals surface area contributed by atoms with Gasteiger partial charge in [0.2, 0.25) is 0 Å². The maximum Gasteiger partial charge on any atom is 0.265 e. The second-order valence-electron chi connectivity index (χ2n) is 6.43. The van der Waals surface area contributed by atoms with E-state index in [9.17, 15) is 4.79 Å². The van der Waals surface area contributed by atoms with Crippen molar-refractivity contribution >= 4 is 34.7 Å². The number of carbonyl (C=O) groups is 1. The first-order chi connectivity index (χ1) is 12.6. The number of likely N-dealkylation sites (tertiary alicyclic amines) is 1. The molecule has 3 rings (SSSR count). The third kappa shape index (κ3) is 4.32. The molecule has 8 heteroatoms. The van der Waals surface area contributed by atoms with Gasteiger partial charge >= 0.3 is 0 Å². The summed E-state index contributed by atoms with van der Waals surface area (Å²) in [5.74, 6) is 1.41. The molecule has 0 bridgehead atoms. The Morgan fingerprint density at radius 2 is 2.15 bits per heavy atom. The summed E-state index contributed by atoms with van der Waals surface area (Å²) in [7, 11) is 1.98. The Bertz CT molecular complexity index is 793. The molecular formula is C18H20ClN5OS. The monoisotopic (exact) mass is 389 g/mol. The van der Waals surface area contributed by atoms with Crippen molar-refractivity contribution in [1.29, 1.82) is 5.26 Å². The molecule has 0 spiro atoms. The Labute approximate surface area is 162 Å². The lowest BCUT2D eigenvalue weighted by Crippen LogP contribution is -2.39. The number of piperidine rings is 1. The Hall–Kier alpha value is -2.17. The van der Waals surface area contributed by atoms with Crippen LogP contribution in [0.2, 0.25) is 5.02 Å². The SMILES string of the molecule is CN(CCC1CCN(C(=O)c2sccc2Cl)CC1)c1ccc(C#N)nn1. The zero-order valence-corrected chi connectivity index (χ0v) is 16.1. The van der Waals surface area contributed by atoms with Gasteiger partial charge in [0.1, 0.15) is 10.9 Å². The van der Waals surface area contributed by atoms with Crippen LogP contribution in [0.4, 0.5) is 5.82 Å². The van der Waals surface area contributed by atoms with Crippen LogP contribution in [0.25, 0.3) is 0 Å². The summed E-state index contributed by atoms with van der Waals surface area (Å²) in [5, 5.41) is 19.1. The van der Waals surface area contributed by atoms with Crippen LogP contribution in [0.3, 0.4) is 0 Å². The maximum atomic E-state index is 12.5. The molecule has 0 N–H and O–H groups in total. The van der Waals surface area contributed by atoms with Gasteiger partial charge in [0.15, 0.2) is 11.5 Å². The minimum absolute atomic E-state index is 0.0495. The molecule has 3 heterocycles. The van der Waals surface area contributed by atoms with Crippen LogP contribution in [0.15, 0.2) is 23.6 Å². The highest BCUT2D eigenvalue weighted by molar-refractivity contribution is 7.12. The summed E-state index contributed by atoms with van der Waals surface area (Å²) >= 11 is 7.48. The molecule has 1 aliphatic heterocycles. The van der Waals surface area contributed by atoms with Gasteiger partial charge in [0.05, 0.1) is 5.02 Å². The van der Waals surface area contributed by atoms with Crippen LogP contribution >= 0.6 is 22.9 Å². The first-order valence-corrected chi connectivity index (χ1v) is 9.81. The normalized spacial score (nSPS) is 14.9. The summed E-state index contributed by atoms with van der Waals surface area (Å²) < 4.78 is 0. The summed E-state index contributed by atoms with van der Waals surface area (Å²) in [6.07, 6.45) is 3.04. The van der Waals surface area contributed by atoms with Crippen molar-refractivity contribution in [2.75, 3.05) is 31.6 Å². The molecular weight excluding hydrogens is 370 g/mol. The van der Waals surface area contributed by atoms with Crippen molar-refractivity contribution in [3.8, 4) is 6.07 Å². The second-order valence-corrected chi connectivity index (χ2v) is 7.76. The first kappa shape index (κ1) is 18.6. The first-order valence-electron chi connectivity index (χ1n) is 8.55. The number of hydrogen-bond donors (Lipinski definition) is 0. The standard InChI is InChI=1S/C18H20ClN5OS/c1-23(16-3-2-14(12-20)21-22-16)8-4-13-5-9-24(10-6-13)18(25)17-15(19)7-11-26-17/h2-3,7,11,13H,4-6,8-10H2,1H3. The van der Waals surface area contributed by atoms with E-state index in [-0.39, 0.29) is 5.91 Å². The van der Waals surface area contributed by atoms with Gasteiger partial charge < -0.3 is 9.80 Å². The lowest BCUT2D eigenvalue weighted by molar-refractivity contribution is 0.0693. The van der Waals surface area contributed by atoms with E-state index in [2.05, 4.69) is 15.1 Å². The topological polar surface area (TPSA) is 73.1 Å². The van der Waals surface area contributed by atoms with E-state index in [0.717, 1.165) is 44.7 Å². The van der Waals surface area contributed by atoms with E-state index in [4.69, 9.17) is 16.9 Å². The smallest absolute Gasteiger partial charge is 0.265 e. The van der Waals surface area contributed by atoms with Crippen molar-refractivity contribution in [2.45, 2.75) is 19.3 Å². The number of nitriles is 1. The van der Waals surface area contributed by atoms with Crippen molar-refractivity contribution in [2.24, 2.45) is 5.92 Å². The molecule has 26 heavy (non-hydrogen) atoms. The predicted octanol–water partition coefficient (Wildman–Crippen LogP) is 3.44. The van der Waals surface area contributed by atoms with E-state index in [1.54, 1.807) is 12.1 Å². The van der Waals surface area contributed by atoms with Crippen LogP contribution in [-0.2, 0) is 0 Å². The summed E-state index contributed by atoms with van der Waals surface area (Å²) in [4.78, 5) is 17.1. The number of carbonyl (C=O) groups excluding carboxylic acids is 1. The maximum absolute atomic E-state index is 12.5. The highest BCUT2D eigenvalue weighted by atomic mass is 35.5. The number of halogens is 1. The molecule has 0 saturated carbocycles. The Kier molecular flexibility index (Phi) is 6.07. The fourth-order valence-corrected chi connectivity index (χ4v) is 4.20. The average Bonchev–Trinajstić information content (AvgIpc) is 3.12. The lowest BCUT2D eigenvalue weighted by Gasteiger charge is -2.32. The quantitative estimate of drug-likeness (QED) is 0.783. The molecule has 6 nitrogen and oxygen atoms in total. The molecule has 1 aliphatic rings. The molecule has 0 radical (unpaired) electrons. The van der Waals surface area contributed by atoms with Crippen LogP contribution in [0.1, 0.15) is 34.6 Å². The summed E-state index contributed by atoms with van der Waals surface area (Å²) in [6, 6.07) is 7.24. The van der Waals surface area contributed by atoms with E-state index in [0.29, 0.717) is 21.5 Å². The van der Waals surface area contributed by atoms with Crippen molar-refractivity contribution in [1.82, 2.24) is 15.1 Å². The van der Waals surface area contributed by atoms with Gasteiger partial charge in [-0.05, 0) is 48.8 Å². The molecule has 0 unspecified atom stereocenters. The fourth-order valence-electron chi connectivity index (χ4n) is 3.09. The largest absolute Gasteiger partial charge is 0.358 e. The van der Waals surface area contributed by atoms with Crippen LogP contribution in [0, 0.1) is 17.2 Å². The molecule has 2 aromatic heterocycles. The number of aromatic nitrogens is 2. The molecule has 1 saturated heterocycles. The van der Waals surface area contributed by atoms with Crippen molar-refractivity contribution in [3.05, 3.63) is 39.2 Å². The van der Waals surface area contributed by atoms with Gasteiger partial charge in [0, 0.05) is 26.7 Å². The van der Waals surface area contributed by atoms with Crippen molar-refractivity contribution in [3.63, 3.8) is 0 Å². The van der Waals surface area contributed by atoms with E-state index >= 15 is 0 Å². The number of rotatable bonds is 5. The molecule has 1 amide bonds. The Balaban J connectivity index is 1.46. The van der Waals surface area contributed by atoms with Gasteiger partial charge in [-0.1, -0.05) is 11.6 Å². The zero-order chi connectivity index (χ0) is 18.5. The number of nitrogens with zero attached hydrogens (tertiary/aromatic N) is 5. The third-order valence-electron chi connectivity index (χ3n) is 4.74. The third-order valence-corrected chi connectivity index (χ3v) is 6.07. The number of anilines is 1. The Morgan fingerprint density at radius 3 is 2.73 bits per heavy atom. The second kappa shape index (κ2) is 8.47. The predicted molar refractivity (Wildman–Crippen MR) is 103 cm³/mol. The fraction of sp³-hybridized carbons (Fsp3) is 0.444. The molecule has 0 aliphatic carbocycles. The Morgan fingerprint density at radius 1 is 1.38 bits per heavy atom. The minimum Gasteiger partial charge on any atom is -0.358 e. The number of thiophene rings is 1.